The number of rotatable bonds is 8. The molecule has 2 aromatic heterocycles. The third-order valence-electron chi connectivity index (χ3n) is 4.54. The van der Waals surface area contributed by atoms with Crippen LogP contribution in [0.2, 0.25) is 0 Å². The standard InChI is InChI=1S/C23H22N4O4S/c1-3-21-26-27-22(29)12-17(25-23(27)32-21)13-30-19-6-4-5-16(11-19)24-20(28)14-31-18-9-7-15(2)8-10-18/h4-12H,3,13-14H2,1-2H3,(H,24,28). The lowest BCUT2D eigenvalue weighted by atomic mass is 10.2. The largest absolute Gasteiger partial charge is 0.487 e. The average Bonchev–Trinajstić information content (AvgIpc) is 3.22. The minimum Gasteiger partial charge on any atom is -0.487 e. The molecule has 0 aliphatic carbocycles. The quantitative estimate of drug-likeness (QED) is 0.441. The van der Waals surface area contributed by atoms with Gasteiger partial charge in [0.2, 0.25) is 4.96 Å². The molecule has 0 saturated heterocycles. The molecule has 0 spiro atoms. The minimum atomic E-state index is -0.278. The zero-order valence-corrected chi connectivity index (χ0v) is 18.5. The van der Waals surface area contributed by atoms with Crippen LogP contribution in [0.3, 0.4) is 0 Å². The highest BCUT2D eigenvalue weighted by molar-refractivity contribution is 7.16. The fraction of sp³-hybridized carbons (Fsp3) is 0.217. The highest BCUT2D eigenvalue weighted by atomic mass is 32.1. The van der Waals surface area contributed by atoms with Crippen LogP contribution in [0.25, 0.3) is 4.96 Å². The number of aromatic nitrogens is 3. The molecule has 0 radical (unpaired) electrons. The van der Waals surface area contributed by atoms with E-state index in [2.05, 4.69) is 15.4 Å². The van der Waals surface area contributed by atoms with E-state index in [1.54, 1.807) is 24.3 Å². The lowest BCUT2D eigenvalue weighted by Crippen LogP contribution is -2.20. The van der Waals surface area contributed by atoms with Crippen molar-refractivity contribution >= 4 is 27.9 Å². The van der Waals surface area contributed by atoms with Gasteiger partial charge in [0, 0.05) is 17.8 Å². The number of fused-ring (bicyclic) bond motifs is 1. The molecular formula is C23H22N4O4S. The zero-order valence-electron chi connectivity index (χ0n) is 17.7. The van der Waals surface area contributed by atoms with Crippen LogP contribution in [-0.4, -0.2) is 27.1 Å². The van der Waals surface area contributed by atoms with Crippen LogP contribution in [0.15, 0.2) is 59.4 Å². The van der Waals surface area contributed by atoms with E-state index in [1.807, 2.05) is 38.1 Å². The Balaban J connectivity index is 1.35. The van der Waals surface area contributed by atoms with Gasteiger partial charge in [0.15, 0.2) is 6.61 Å². The van der Waals surface area contributed by atoms with Crippen molar-refractivity contribution in [2.45, 2.75) is 26.9 Å². The number of nitrogens with zero attached hydrogens (tertiary/aromatic N) is 3. The SMILES string of the molecule is CCc1nn2c(=O)cc(COc3cccc(NC(=O)COc4ccc(C)cc4)c3)nc2s1. The van der Waals surface area contributed by atoms with E-state index in [-0.39, 0.29) is 24.7 Å². The predicted molar refractivity (Wildman–Crippen MR) is 123 cm³/mol. The fourth-order valence-corrected chi connectivity index (χ4v) is 3.77. The molecule has 4 aromatic rings. The van der Waals surface area contributed by atoms with E-state index < -0.39 is 0 Å². The maximum Gasteiger partial charge on any atom is 0.275 e. The van der Waals surface area contributed by atoms with Gasteiger partial charge in [-0.1, -0.05) is 42.0 Å². The minimum absolute atomic E-state index is 0.101. The van der Waals surface area contributed by atoms with Gasteiger partial charge in [0.1, 0.15) is 23.1 Å². The van der Waals surface area contributed by atoms with Gasteiger partial charge in [-0.15, -0.1) is 0 Å². The molecule has 2 heterocycles. The lowest BCUT2D eigenvalue weighted by molar-refractivity contribution is -0.118. The number of hydrogen-bond donors (Lipinski definition) is 1. The smallest absolute Gasteiger partial charge is 0.275 e. The molecular weight excluding hydrogens is 428 g/mol. The Bertz CT molecular complexity index is 1300. The Morgan fingerprint density at radius 3 is 2.69 bits per heavy atom. The summed E-state index contributed by atoms with van der Waals surface area (Å²) in [7, 11) is 0. The van der Waals surface area contributed by atoms with Crippen LogP contribution in [-0.2, 0) is 17.8 Å². The highest BCUT2D eigenvalue weighted by Crippen LogP contribution is 2.19. The van der Waals surface area contributed by atoms with Crippen molar-refractivity contribution in [1.29, 1.82) is 0 Å². The molecule has 0 aliphatic heterocycles. The second-order valence-electron chi connectivity index (χ2n) is 7.10. The molecule has 2 aromatic carbocycles. The third-order valence-corrected chi connectivity index (χ3v) is 5.59. The number of benzene rings is 2. The van der Waals surface area contributed by atoms with Crippen LogP contribution in [0.5, 0.6) is 11.5 Å². The van der Waals surface area contributed by atoms with Gasteiger partial charge in [-0.05, 0) is 37.6 Å². The first-order chi connectivity index (χ1) is 15.5. The van der Waals surface area contributed by atoms with Crippen molar-refractivity contribution in [2.75, 3.05) is 11.9 Å². The second-order valence-corrected chi connectivity index (χ2v) is 8.14. The Kier molecular flexibility index (Phi) is 6.46. The summed E-state index contributed by atoms with van der Waals surface area (Å²) in [5, 5.41) is 7.87. The maximum absolute atomic E-state index is 12.2. The molecule has 9 heteroatoms. The van der Waals surface area contributed by atoms with Gasteiger partial charge in [0.05, 0.1) is 5.69 Å². The number of anilines is 1. The summed E-state index contributed by atoms with van der Waals surface area (Å²) in [5.41, 5.74) is 1.98. The van der Waals surface area contributed by atoms with Gasteiger partial charge in [-0.25, -0.2) is 4.98 Å². The maximum atomic E-state index is 12.2. The molecule has 164 valence electrons. The topological polar surface area (TPSA) is 94.8 Å². The molecule has 32 heavy (non-hydrogen) atoms. The Hall–Kier alpha value is -3.72. The number of carbonyl (C=O) groups excluding carboxylic acids is 1. The average molecular weight is 451 g/mol. The Labute approximate surface area is 188 Å². The van der Waals surface area contributed by atoms with E-state index in [9.17, 15) is 9.59 Å². The Morgan fingerprint density at radius 2 is 1.91 bits per heavy atom. The van der Waals surface area contributed by atoms with E-state index in [0.717, 1.165) is 17.0 Å². The number of carbonyl (C=O) groups is 1. The first-order valence-corrected chi connectivity index (χ1v) is 10.9. The van der Waals surface area contributed by atoms with Gasteiger partial charge >= 0.3 is 0 Å². The molecule has 8 nitrogen and oxygen atoms in total. The van der Waals surface area contributed by atoms with E-state index in [0.29, 0.717) is 27.8 Å². The van der Waals surface area contributed by atoms with Gasteiger partial charge < -0.3 is 14.8 Å². The first-order valence-electron chi connectivity index (χ1n) is 10.1. The number of nitrogens with one attached hydrogen (secondary N) is 1. The molecule has 0 atom stereocenters. The summed E-state index contributed by atoms with van der Waals surface area (Å²) in [6.07, 6.45) is 0.744. The van der Waals surface area contributed by atoms with Crippen molar-refractivity contribution < 1.29 is 14.3 Å². The summed E-state index contributed by atoms with van der Waals surface area (Å²) >= 11 is 1.39. The fourth-order valence-electron chi connectivity index (χ4n) is 2.91. The molecule has 0 bridgehead atoms. The van der Waals surface area contributed by atoms with Crippen LogP contribution in [0.4, 0.5) is 5.69 Å². The van der Waals surface area contributed by atoms with Gasteiger partial charge in [-0.3, -0.25) is 9.59 Å². The van der Waals surface area contributed by atoms with Crippen molar-refractivity contribution in [2.24, 2.45) is 0 Å². The first kappa shape index (κ1) is 21.5. The predicted octanol–water partition coefficient (Wildman–Crippen LogP) is 3.62. The van der Waals surface area contributed by atoms with Crippen LogP contribution >= 0.6 is 11.3 Å². The molecule has 0 saturated carbocycles. The van der Waals surface area contributed by atoms with Gasteiger partial charge in [-0.2, -0.15) is 9.61 Å². The number of hydrogen-bond acceptors (Lipinski definition) is 7. The number of amides is 1. The zero-order chi connectivity index (χ0) is 22.5. The van der Waals surface area contributed by atoms with Crippen LogP contribution in [0, 0.1) is 6.92 Å². The summed E-state index contributed by atoms with van der Waals surface area (Å²) in [6, 6.07) is 15.9. The summed E-state index contributed by atoms with van der Waals surface area (Å²) in [5.74, 6) is 0.901. The summed E-state index contributed by atoms with van der Waals surface area (Å²) < 4.78 is 12.6. The number of ether oxygens (including phenoxy) is 2. The molecule has 0 aliphatic rings. The van der Waals surface area contributed by atoms with E-state index >= 15 is 0 Å². The highest BCUT2D eigenvalue weighted by Gasteiger charge is 2.09. The van der Waals surface area contributed by atoms with Crippen molar-refractivity contribution in [3.05, 3.63) is 81.2 Å². The van der Waals surface area contributed by atoms with Crippen LogP contribution < -0.4 is 20.3 Å². The summed E-state index contributed by atoms with van der Waals surface area (Å²) in [6.45, 7) is 3.99. The van der Waals surface area contributed by atoms with E-state index in [1.165, 1.54) is 21.9 Å². The molecule has 1 amide bonds. The van der Waals surface area contributed by atoms with Crippen LogP contribution in [0.1, 0.15) is 23.2 Å². The Morgan fingerprint density at radius 1 is 1.09 bits per heavy atom. The molecule has 4 rings (SSSR count). The van der Waals surface area contributed by atoms with Crippen molar-refractivity contribution in [3.63, 3.8) is 0 Å². The number of aryl methyl sites for hydroxylation is 2. The molecule has 0 fully saturated rings. The lowest BCUT2D eigenvalue weighted by Gasteiger charge is -2.10. The second kappa shape index (κ2) is 9.61. The van der Waals surface area contributed by atoms with Crippen molar-refractivity contribution in [3.8, 4) is 11.5 Å². The molecule has 0 unspecified atom stereocenters. The monoisotopic (exact) mass is 450 g/mol. The third kappa shape index (κ3) is 5.30. The normalized spacial score (nSPS) is 10.8. The van der Waals surface area contributed by atoms with Gasteiger partial charge in [0.25, 0.3) is 11.5 Å². The summed E-state index contributed by atoms with van der Waals surface area (Å²) in [4.78, 5) is 29.5. The van der Waals surface area contributed by atoms with E-state index in [4.69, 9.17) is 9.47 Å². The van der Waals surface area contributed by atoms with Crippen molar-refractivity contribution in [1.82, 2.24) is 14.6 Å². The molecule has 1 N–H and O–H groups in total.